The van der Waals surface area contributed by atoms with Crippen LogP contribution in [-0.4, -0.2) is 35.7 Å². The molecule has 2 atom stereocenters. The summed E-state index contributed by atoms with van der Waals surface area (Å²) < 4.78 is 47.1. The van der Waals surface area contributed by atoms with Crippen molar-refractivity contribution in [2.45, 2.75) is 32.5 Å². The van der Waals surface area contributed by atoms with E-state index in [1.165, 1.54) is 11.8 Å². The molecule has 1 aliphatic rings. The Morgan fingerprint density at radius 3 is 2.38 bits per heavy atom. The Hall–Kier alpha value is -3.76. The van der Waals surface area contributed by atoms with Crippen LogP contribution in [0.25, 0.3) is 0 Å². The first-order valence-electron chi connectivity index (χ1n) is 9.63. The van der Waals surface area contributed by atoms with Crippen molar-refractivity contribution in [3.63, 3.8) is 0 Å². The van der Waals surface area contributed by atoms with E-state index in [0.29, 0.717) is 12.1 Å². The Morgan fingerprint density at radius 2 is 1.75 bits per heavy atom. The minimum absolute atomic E-state index is 0.146. The van der Waals surface area contributed by atoms with Gasteiger partial charge in [-0.3, -0.25) is 19.1 Å². The van der Waals surface area contributed by atoms with Crippen LogP contribution in [0.15, 0.2) is 35.3 Å². The molecule has 3 rings (SSSR count). The molecule has 0 saturated heterocycles. The molecule has 2 amide bonds. The van der Waals surface area contributed by atoms with E-state index in [-0.39, 0.29) is 23.5 Å². The maximum Gasteiger partial charge on any atom is 0.274 e. The zero-order valence-electron chi connectivity index (χ0n) is 17.5. The Morgan fingerprint density at radius 1 is 1.12 bits per heavy atom. The topological polar surface area (TPSA) is 101 Å². The van der Waals surface area contributed by atoms with E-state index in [9.17, 15) is 27.6 Å². The number of aromatic nitrogens is 1. The Bertz CT molecular complexity index is 1140. The predicted molar refractivity (Wildman–Crippen MR) is 110 cm³/mol. The summed E-state index contributed by atoms with van der Waals surface area (Å²) in [7, 11) is 1.17. The van der Waals surface area contributed by atoms with Gasteiger partial charge in [0.1, 0.15) is 23.0 Å². The number of rotatable bonds is 4. The van der Waals surface area contributed by atoms with Crippen molar-refractivity contribution in [3.05, 3.63) is 75.0 Å². The smallest absolute Gasteiger partial charge is 0.274 e. The first kappa shape index (κ1) is 22.9. The van der Waals surface area contributed by atoms with E-state index in [0.717, 1.165) is 6.20 Å². The van der Waals surface area contributed by atoms with E-state index in [1.807, 2.05) is 0 Å². The highest BCUT2D eigenvalue weighted by Crippen LogP contribution is 2.17. The van der Waals surface area contributed by atoms with Crippen LogP contribution in [0.4, 0.5) is 13.2 Å². The number of halogens is 3. The van der Waals surface area contributed by atoms with Crippen molar-refractivity contribution in [1.29, 1.82) is 0 Å². The van der Waals surface area contributed by atoms with Crippen LogP contribution in [0.2, 0.25) is 0 Å². The maximum absolute atomic E-state index is 13.8. The van der Waals surface area contributed by atoms with Gasteiger partial charge in [-0.25, -0.2) is 13.2 Å². The highest BCUT2D eigenvalue weighted by atomic mass is 19.1. The Labute approximate surface area is 181 Å². The number of amides is 2. The van der Waals surface area contributed by atoms with E-state index in [2.05, 4.69) is 16.1 Å². The molecule has 0 spiro atoms. The minimum atomic E-state index is -1.18. The first-order chi connectivity index (χ1) is 15.1. The molecule has 1 aliphatic heterocycles. The molecule has 0 saturated carbocycles. The van der Waals surface area contributed by atoms with Gasteiger partial charge in [-0.15, -0.1) is 0 Å². The van der Waals surface area contributed by atoms with E-state index < -0.39 is 52.4 Å². The van der Waals surface area contributed by atoms with Crippen molar-refractivity contribution in [3.8, 4) is 5.75 Å². The van der Waals surface area contributed by atoms with Crippen LogP contribution in [0.5, 0.6) is 5.75 Å². The Balaban J connectivity index is 2.00. The quantitative estimate of drug-likeness (QED) is 0.617. The Kier molecular flexibility index (Phi) is 6.56. The summed E-state index contributed by atoms with van der Waals surface area (Å²) in [5.74, 6) is -5.43. The molecule has 2 heterocycles. The molecule has 1 aromatic carbocycles. The molecule has 0 bridgehead atoms. The summed E-state index contributed by atoms with van der Waals surface area (Å²) in [6.07, 6.45) is 4.64. The molecule has 0 radical (unpaired) electrons. The summed E-state index contributed by atoms with van der Waals surface area (Å²) in [6.45, 7) is 2.90. The van der Waals surface area contributed by atoms with Crippen molar-refractivity contribution >= 4 is 11.8 Å². The fourth-order valence-electron chi connectivity index (χ4n) is 3.18. The van der Waals surface area contributed by atoms with E-state index in [1.54, 1.807) is 26.0 Å². The molecule has 32 heavy (non-hydrogen) atoms. The summed E-state index contributed by atoms with van der Waals surface area (Å²) >= 11 is 0. The molecule has 170 valence electrons. The summed E-state index contributed by atoms with van der Waals surface area (Å²) in [5.41, 5.74) is 0.920. The molecule has 3 N–H and O–H groups in total. The normalized spacial score (nSPS) is 18.9. The summed E-state index contributed by atoms with van der Waals surface area (Å²) in [6, 6.07) is 0.334. The molecule has 11 heteroatoms. The van der Waals surface area contributed by atoms with Gasteiger partial charge < -0.3 is 20.8 Å². The number of hydrogen-bond donors (Lipinski definition) is 3. The lowest BCUT2D eigenvalue weighted by Gasteiger charge is -2.20. The monoisotopic (exact) mass is 450 g/mol. The highest BCUT2D eigenvalue weighted by molar-refractivity contribution is 5.99. The average molecular weight is 450 g/mol. The van der Waals surface area contributed by atoms with Gasteiger partial charge in [0.2, 0.25) is 5.43 Å². The number of nitrogens with zero attached hydrogens (tertiary/aromatic N) is 1. The molecule has 0 fully saturated rings. The largest absolute Gasteiger partial charge is 0.491 e. The molecule has 8 nitrogen and oxygen atoms in total. The number of fused-ring (bicyclic) bond motifs is 1. The second-order valence-electron chi connectivity index (χ2n) is 7.22. The van der Waals surface area contributed by atoms with Gasteiger partial charge >= 0.3 is 0 Å². The number of nitrogens with one attached hydrogen (secondary N) is 3. The molecular weight excluding hydrogens is 429 g/mol. The fourth-order valence-corrected chi connectivity index (χ4v) is 3.18. The zero-order valence-corrected chi connectivity index (χ0v) is 17.5. The lowest BCUT2D eigenvalue weighted by Crippen LogP contribution is -2.38. The molecule has 0 aliphatic carbocycles. The van der Waals surface area contributed by atoms with Crippen LogP contribution < -0.4 is 26.2 Å². The van der Waals surface area contributed by atoms with Gasteiger partial charge in [0, 0.05) is 36.5 Å². The third-order valence-electron chi connectivity index (χ3n) is 4.75. The number of hydrogen-bond acceptors (Lipinski definition) is 5. The second-order valence-corrected chi connectivity index (χ2v) is 7.22. The third kappa shape index (κ3) is 4.61. The number of carbonyl (C=O) groups is 2. The zero-order chi connectivity index (χ0) is 23.6. The fraction of sp³-hybridized carbons (Fsp3) is 0.286. The van der Waals surface area contributed by atoms with Gasteiger partial charge in [0.15, 0.2) is 11.4 Å². The second kappa shape index (κ2) is 9.16. The van der Waals surface area contributed by atoms with E-state index in [4.69, 9.17) is 4.74 Å². The van der Waals surface area contributed by atoms with Gasteiger partial charge in [-0.2, -0.15) is 0 Å². The SMILES string of the molecule is COc1c2n(cc(C(=O)NCc3c(F)cc(F)cc3F)c1=O)NC(C)/C=C\C(C)NC2=O. The number of pyridine rings is 1. The number of benzene rings is 1. The van der Waals surface area contributed by atoms with Crippen molar-refractivity contribution in [1.82, 2.24) is 15.3 Å². The molecule has 1 aromatic heterocycles. The standard InChI is InChI=1S/C21H21F3N4O4/c1-10-4-5-11(2)27-28-9-14(18(29)19(32-3)17(28)21(31)26-10)20(30)25-8-13-15(23)6-12(22)7-16(13)24/h4-7,9-11,27H,8H2,1-3H3,(H,25,30)(H,26,31)/b5-4-. The molecular formula is C21H21F3N4O4. The number of ether oxygens (including phenoxy) is 1. The molecule has 2 aromatic rings. The lowest BCUT2D eigenvalue weighted by molar-refractivity contribution is 0.0923. The first-order valence-corrected chi connectivity index (χ1v) is 9.63. The van der Waals surface area contributed by atoms with Crippen LogP contribution in [0.1, 0.15) is 40.3 Å². The third-order valence-corrected chi connectivity index (χ3v) is 4.75. The summed E-state index contributed by atoms with van der Waals surface area (Å²) in [5, 5.41) is 4.93. The number of carbonyl (C=O) groups excluding carboxylic acids is 2. The van der Waals surface area contributed by atoms with Gasteiger partial charge in [-0.1, -0.05) is 12.2 Å². The predicted octanol–water partition coefficient (Wildman–Crippen LogP) is 1.82. The average Bonchev–Trinajstić information content (AvgIpc) is 2.76. The van der Waals surface area contributed by atoms with Crippen molar-refractivity contribution in [2.75, 3.05) is 12.5 Å². The van der Waals surface area contributed by atoms with Crippen LogP contribution in [0.3, 0.4) is 0 Å². The van der Waals surface area contributed by atoms with Crippen molar-refractivity contribution in [2.24, 2.45) is 0 Å². The van der Waals surface area contributed by atoms with E-state index >= 15 is 0 Å². The number of methoxy groups -OCH3 is 1. The minimum Gasteiger partial charge on any atom is -0.491 e. The van der Waals surface area contributed by atoms with Gasteiger partial charge in [0.25, 0.3) is 11.8 Å². The van der Waals surface area contributed by atoms with Crippen LogP contribution >= 0.6 is 0 Å². The maximum atomic E-state index is 13.8. The van der Waals surface area contributed by atoms with Crippen molar-refractivity contribution < 1.29 is 27.5 Å². The lowest BCUT2D eigenvalue weighted by atomic mass is 10.1. The molecule has 2 unspecified atom stereocenters. The summed E-state index contributed by atoms with van der Waals surface area (Å²) in [4.78, 5) is 38.3. The van der Waals surface area contributed by atoms with Crippen LogP contribution in [-0.2, 0) is 6.54 Å². The van der Waals surface area contributed by atoms with Crippen LogP contribution in [0, 0.1) is 17.5 Å². The highest BCUT2D eigenvalue weighted by Gasteiger charge is 2.27. The van der Waals surface area contributed by atoms with Gasteiger partial charge in [-0.05, 0) is 13.8 Å². The van der Waals surface area contributed by atoms with Gasteiger partial charge in [0.05, 0.1) is 13.2 Å².